The summed E-state index contributed by atoms with van der Waals surface area (Å²) in [5, 5.41) is 41.2. The maximum absolute atomic E-state index is 13.5. The fraction of sp³-hybridized carbons (Fsp3) is 0.327. The number of aromatic nitrogens is 6. The van der Waals surface area contributed by atoms with E-state index in [2.05, 4.69) is 152 Å². The van der Waals surface area contributed by atoms with E-state index in [-0.39, 0.29) is 69.2 Å². The van der Waals surface area contributed by atoms with E-state index in [1.54, 1.807) is 82.2 Å². The number of carbonyl (C=O) groups excluding carboxylic acids is 3. The van der Waals surface area contributed by atoms with Crippen LogP contribution in [-0.4, -0.2) is 96.0 Å². The van der Waals surface area contributed by atoms with Gasteiger partial charge in [0.1, 0.15) is 23.2 Å². The van der Waals surface area contributed by atoms with Crippen molar-refractivity contribution >= 4 is 85.2 Å². The summed E-state index contributed by atoms with van der Waals surface area (Å²) in [5.41, 5.74) is 37.8. The van der Waals surface area contributed by atoms with Gasteiger partial charge in [0.25, 0.3) is 17.7 Å². The number of anilines is 3. The number of aliphatic hydroxyl groups is 1. The summed E-state index contributed by atoms with van der Waals surface area (Å²) >= 11 is 0. The molecule has 128 heavy (non-hydrogen) atoms. The van der Waals surface area contributed by atoms with E-state index in [0.29, 0.717) is 81.4 Å². The number of amides is 3. The number of hydrogen-bond acceptors (Lipinski definition) is 14. The number of unbranched alkanes of at least 4 members (excludes halogenated alkanes) is 2. The van der Waals surface area contributed by atoms with Crippen molar-refractivity contribution in [1.29, 1.82) is 0 Å². The van der Waals surface area contributed by atoms with Crippen molar-refractivity contribution in [2.45, 2.75) is 198 Å². The number of nitrogens with two attached hydrogens (primary N) is 4. The first-order valence-corrected chi connectivity index (χ1v) is 46.5. The second kappa shape index (κ2) is 55.4. The second-order valence-corrected chi connectivity index (χ2v) is 34.4. The van der Waals surface area contributed by atoms with Crippen molar-refractivity contribution in [2.24, 2.45) is 22.9 Å². The molecule has 3 aliphatic rings. The molecule has 3 fully saturated rings. The zero-order valence-electron chi connectivity index (χ0n) is 74.9. The average Bonchev–Trinajstić information content (AvgIpc) is 1.46. The number of benzene rings is 9. The van der Waals surface area contributed by atoms with Crippen molar-refractivity contribution in [3.63, 3.8) is 0 Å². The number of hydrogen-bond donors (Lipinski definition) is 10. The van der Waals surface area contributed by atoms with Crippen LogP contribution in [0.1, 0.15) is 242 Å². The van der Waals surface area contributed by atoms with Gasteiger partial charge in [0.2, 0.25) is 9.23 Å². The van der Waals surface area contributed by atoms with Gasteiger partial charge >= 0.3 is 29.6 Å². The van der Waals surface area contributed by atoms with Gasteiger partial charge < -0.3 is 56.1 Å². The van der Waals surface area contributed by atoms with Gasteiger partial charge in [0.15, 0.2) is 11.4 Å². The smallest absolute Gasteiger partial charge is 1.00 e. The first-order valence-electron chi connectivity index (χ1n) is 43.7. The topological polar surface area (TPSA) is 315 Å². The molecular weight excluding hydrogens is 1670 g/mol. The summed E-state index contributed by atoms with van der Waals surface area (Å²) in [4.78, 5) is 46.9. The molecule has 22 nitrogen and oxygen atoms in total. The minimum absolute atomic E-state index is 0. The molecule has 3 radical (unpaired) electrons. The van der Waals surface area contributed by atoms with Crippen LogP contribution >= 0.6 is 21.4 Å². The number of carbonyl (C=O) groups is 3. The zero-order chi connectivity index (χ0) is 89.4. The first-order chi connectivity index (χ1) is 61.3. The first kappa shape index (κ1) is 103. The Labute approximate surface area is 792 Å². The molecule has 3 atom stereocenters. The molecule has 3 amide bonds. The maximum atomic E-state index is 13.5. The molecule has 0 saturated heterocycles. The maximum Gasteiger partial charge on any atom is 1.00 e. The third-order valence-electron chi connectivity index (χ3n) is 22.1. The molecule has 3 saturated carbocycles. The number of rotatable bonds is 24. The quantitative estimate of drug-likeness (QED) is 0.00884. The summed E-state index contributed by atoms with van der Waals surface area (Å²) in [5.74, 6) is -0.780. The molecule has 3 aromatic heterocycles. The monoisotopic (exact) mass is 1790 g/mol. The number of nitrogens with one attached hydrogen (secondary N) is 5. The van der Waals surface area contributed by atoms with Crippen LogP contribution in [0.5, 0.6) is 0 Å². The van der Waals surface area contributed by atoms with Gasteiger partial charge in [0.05, 0.1) is 59.4 Å². The van der Waals surface area contributed by atoms with Crippen LogP contribution in [-0.2, 0) is 15.8 Å². The Balaban J connectivity index is 0.000000238. The molecular formula is C101H120BCl2N17NaO5S. The Kier molecular flexibility index (Phi) is 44.5. The zero-order valence-corrected chi connectivity index (χ0v) is 78.2. The average molecular weight is 1790 g/mol. The van der Waals surface area contributed by atoms with Crippen LogP contribution in [0.2, 0.25) is 0 Å². The van der Waals surface area contributed by atoms with Gasteiger partial charge in [0, 0.05) is 71.5 Å². The van der Waals surface area contributed by atoms with E-state index in [1.165, 1.54) is 138 Å². The molecule has 15 rings (SSSR count). The largest absolute Gasteiger partial charge is 1.00 e. The molecule has 3 unspecified atom stereocenters. The van der Waals surface area contributed by atoms with Gasteiger partial charge in [-0.15, -0.1) is 0 Å². The fourth-order valence-corrected chi connectivity index (χ4v) is 15.8. The fourth-order valence-electron chi connectivity index (χ4n) is 15.8. The third kappa shape index (κ3) is 32.9. The Bertz CT molecular complexity index is 5490. The summed E-state index contributed by atoms with van der Waals surface area (Å²) in [6.45, 7) is 22.1. The number of nitrogens with zero attached hydrogens (tertiary/aromatic N) is 8. The van der Waals surface area contributed by atoms with Gasteiger partial charge in [-0.1, -0.05) is 247 Å². The van der Waals surface area contributed by atoms with Crippen molar-refractivity contribution in [3.05, 3.63) is 351 Å². The molecule has 0 spiro atoms. The second-order valence-electron chi connectivity index (χ2n) is 31.9. The number of aryl methyl sites for hydroxylation is 3. The Morgan fingerprint density at radius 2 is 0.742 bits per heavy atom. The predicted octanol–water partition coefficient (Wildman–Crippen LogP) is 18.3. The Hall–Kier alpha value is -10.5. The molecule has 27 heteroatoms. The van der Waals surface area contributed by atoms with Gasteiger partial charge in [-0.3, -0.25) is 14.4 Å². The standard InChI is InChI=1S/C32H33N5O.C32H37N5O.C25H20N4O2.C7H15N.C5H14N2.B.Cl2OS.Na.H/c1-23-20-30(37(36-23)29-19-11-17-27(22-29)33-2)32(38)35-28-18-10-14-25(21-28)31(24-12-6-5-7-13-24)34-26-15-8-3-4-9-16-26;1-23-19-30(37(36-23)29-18-9-11-24(20-29)22-33)32(38)35-28-17-10-14-26(21-28)31(25-12-5-4-6-13-25)34-27-15-7-2-3-8-16-27;1-17-14-23(29(28-17)22-13-7-11-20(16-22)26-2)25(31)27-21-12-6-10-19(15-21)24(30)18-8-4-3-5-9-18;8-7-5-3-1-2-4-6-7;6-4-2-1-3-5-7;;1-4(2)3;;/h5-7,10-14,17-22,26,31,34H,3-4,8-9,15-16H2,1H3,(H,35,38);4-6,9-14,17-21,27,31,34H,2-3,7-8,15-16,22,33H2,1H3,(H,35,38);3-16,24,30H,1H3,(H,27,31);7H,1-6,8H2;1-7H2;;;;/q;;;;;;;+1;-1. The van der Waals surface area contributed by atoms with Crippen LogP contribution in [0.3, 0.4) is 0 Å². The molecule has 3 aliphatic carbocycles. The van der Waals surface area contributed by atoms with Crippen LogP contribution in [0, 0.1) is 33.9 Å². The van der Waals surface area contributed by atoms with Crippen LogP contribution in [0.25, 0.3) is 26.8 Å². The van der Waals surface area contributed by atoms with Crippen molar-refractivity contribution < 1.29 is 54.7 Å². The van der Waals surface area contributed by atoms with E-state index in [0.717, 1.165) is 76.6 Å². The third-order valence-corrected chi connectivity index (χ3v) is 22.1. The Morgan fingerprint density at radius 1 is 0.430 bits per heavy atom. The van der Waals surface area contributed by atoms with Crippen LogP contribution in [0.15, 0.2) is 255 Å². The van der Waals surface area contributed by atoms with Gasteiger partial charge in [-0.05, 0) is 215 Å². The van der Waals surface area contributed by atoms with Crippen LogP contribution in [0.4, 0.5) is 28.4 Å². The Morgan fingerprint density at radius 3 is 1.09 bits per heavy atom. The van der Waals surface area contributed by atoms with E-state index in [9.17, 15) is 19.5 Å². The molecule has 663 valence electrons. The van der Waals surface area contributed by atoms with Gasteiger partial charge in [-0.25, -0.2) is 27.9 Å². The predicted molar refractivity (Wildman–Crippen MR) is 519 cm³/mol. The molecule has 14 N–H and O–H groups in total. The minimum Gasteiger partial charge on any atom is -1.00 e. The SMILES string of the molecule is Cc1cc(C(=O)Nc2cccc(C(NC3CCCCCC3)c3ccccc3)c2)n(-c2cccc(CN)c2)n1.NC1CCCCCC1.NCCCCCN.O=S(Cl)Cl.[B].[C-]#[N+]c1cccc(-n2nc(C)cc2C(=O)Nc2cccc(C(NC3CCCCCC3)c3ccccc3)c2)c1.[C-]#[N+]c1cccc(-n2nc(C)cc2C(=O)Nc2cccc(C(O)c3ccccc3)c2)c1.[H-].[Na+]. The van der Waals surface area contributed by atoms with E-state index in [4.69, 9.17) is 40.3 Å². The number of aliphatic hydroxyl groups excluding tert-OH is 1. The van der Waals surface area contributed by atoms with Crippen molar-refractivity contribution in [1.82, 2.24) is 40.0 Å². The van der Waals surface area contributed by atoms with Crippen LogP contribution < -0.4 is 79.1 Å². The van der Waals surface area contributed by atoms with Crippen molar-refractivity contribution in [2.75, 3.05) is 29.0 Å². The summed E-state index contributed by atoms with van der Waals surface area (Å²) in [6, 6.07) is 82.6. The summed E-state index contributed by atoms with van der Waals surface area (Å²) < 4.78 is 13.9. The molecule has 3 heterocycles. The van der Waals surface area contributed by atoms with Gasteiger partial charge in [-0.2, -0.15) is 15.3 Å². The van der Waals surface area contributed by atoms with E-state index < -0.39 is 15.3 Å². The van der Waals surface area contributed by atoms with E-state index in [1.807, 2.05) is 124 Å². The summed E-state index contributed by atoms with van der Waals surface area (Å²) in [7, 11) is 7.36. The number of halogens is 2. The summed E-state index contributed by atoms with van der Waals surface area (Å²) in [6.07, 6.45) is 25.9. The minimum atomic E-state index is -1.67. The van der Waals surface area contributed by atoms with Crippen molar-refractivity contribution in [3.8, 4) is 17.1 Å². The van der Waals surface area contributed by atoms with E-state index >= 15 is 0 Å². The molecule has 0 aliphatic heterocycles. The molecule has 0 bridgehead atoms. The molecule has 12 aromatic rings. The molecule has 9 aromatic carbocycles. The normalized spacial score (nSPS) is 14.0.